The monoisotopic (exact) mass is 438 g/mol. The minimum atomic E-state index is -0.993. The van der Waals surface area contributed by atoms with Crippen molar-refractivity contribution in [3.05, 3.63) is 65.2 Å². The van der Waals surface area contributed by atoms with Gasteiger partial charge in [0.1, 0.15) is 11.2 Å². The van der Waals surface area contributed by atoms with Crippen LogP contribution in [0.4, 0.5) is 0 Å². The van der Waals surface area contributed by atoms with Crippen LogP contribution in [-0.4, -0.2) is 50.3 Å². The average Bonchev–Trinajstić information content (AvgIpc) is 2.94. The molecule has 1 saturated heterocycles. The minimum Gasteiger partial charge on any atom is -0.460 e. The summed E-state index contributed by atoms with van der Waals surface area (Å²) in [5.41, 5.74) is 7.80. The van der Waals surface area contributed by atoms with Gasteiger partial charge in [0, 0.05) is 30.8 Å². The number of rotatable bonds is 9. The largest absolute Gasteiger partial charge is 0.460 e. The molecule has 2 aliphatic rings. The number of amides is 1. The van der Waals surface area contributed by atoms with Crippen molar-refractivity contribution < 1.29 is 19.0 Å². The van der Waals surface area contributed by atoms with E-state index < -0.39 is 11.7 Å². The highest BCUT2D eigenvalue weighted by Gasteiger charge is 2.47. The number of hydrogen-bond acceptors (Lipinski definition) is 5. The highest BCUT2D eigenvalue weighted by atomic mass is 16.7. The second-order valence-corrected chi connectivity index (χ2v) is 8.58. The van der Waals surface area contributed by atoms with Gasteiger partial charge in [-0.25, -0.2) is 0 Å². The topological polar surface area (TPSA) is 74.0 Å². The number of para-hydroxylation sites is 1. The van der Waals surface area contributed by atoms with Crippen molar-refractivity contribution in [3.8, 4) is 5.75 Å². The Morgan fingerprint density at radius 1 is 1.09 bits per heavy atom. The molecule has 0 aromatic heterocycles. The van der Waals surface area contributed by atoms with Gasteiger partial charge in [0.05, 0.1) is 19.8 Å². The number of hydrogen-bond donors (Lipinski definition) is 1. The molecule has 0 aliphatic carbocycles. The molecular formula is C26H34N2O4. The molecule has 2 N–H and O–H groups in total. The van der Waals surface area contributed by atoms with E-state index in [9.17, 15) is 4.79 Å². The first-order valence-electron chi connectivity index (χ1n) is 11.7. The molecule has 32 heavy (non-hydrogen) atoms. The van der Waals surface area contributed by atoms with Crippen molar-refractivity contribution in [1.82, 2.24) is 4.90 Å². The Bertz CT molecular complexity index is 912. The first-order chi connectivity index (χ1) is 15.7. The molecule has 2 unspecified atom stereocenters. The maximum atomic E-state index is 13.3. The van der Waals surface area contributed by atoms with Crippen molar-refractivity contribution in [2.45, 2.75) is 44.3 Å². The molecule has 172 valence electrons. The van der Waals surface area contributed by atoms with Gasteiger partial charge in [-0.2, -0.15) is 0 Å². The molecule has 2 heterocycles. The smallest absolute Gasteiger partial charge is 0.232 e. The molecule has 6 heteroatoms. The van der Waals surface area contributed by atoms with E-state index >= 15 is 0 Å². The summed E-state index contributed by atoms with van der Waals surface area (Å²) in [5.74, 6) is 0.297. The van der Waals surface area contributed by atoms with Crippen molar-refractivity contribution in [3.63, 3.8) is 0 Å². The maximum absolute atomic E-state index is 13.3. The lowest BCUT2D eigenvalue weighted by molar-refractivity contribution is -0.122. The number of unbranched alkanes of at least 4 members (excludes halogenated alkanes) is 2. The number of carbonyl (C=O) groups excluding carboxylic acids is 1. The zero-order valence-corrected chi connectivity index (χ0v) is 18.9. The Labute approximate surface area is 190 Å². The van der Waals surface area contributed by atoms with Crippen LogP contribution in [0.2, 0.25) is 0 Å². The summed E-state index contributed by atoms with van der Waals surface area (Å²) in [7, 11) is 0. The first kappa shape index (κ1) is 22.8. The summed E-state index contributed by atoms with van der Waals surface area (Å²) in [6.45, 7) is 6.67. The van der Waals surface area contributed by atoms with E-state index in [-0.39, 0.29) is 5.91 Å². The number of primary amides is 1. The van der Waals surface area contributed by atoms with Crippen LogP contribution in [0.3, 0.4) is 0 Å². The number of nitrogens with zero attached hydrogens (tertiary/aromatic N) is 1. The van der Waals surface area contributed by atoms with Crippen LogP contribution in [-0.2, 0) is 19.7 Å². The van der Waals surface area contributed by atoms with Gasteiger partial charge in [-0.1, -0.05) is 62.2 Å². The number of benzene rings is 2. The van der Waals surface area contributed by atoms with Gasteiger partial charge < -0.3 is 19.9 Å². The third kappa shape index (κ3) is 4.53. The number of fused-ring (bicyclic) bond motifs is 2. The average molecular weight is 439 g/mol. The lowest BCUT2D eigenvalue weighted by Gasteiger charge is -2.35. The van der Waals surface area contributed by atoms with E-state index in [4.69, 9.17) is 19.9 Å². The predicted molar refractivity (Wildman–Crippen MR) is 124 cm³/mol. The Balaban J connectivity index is 1.76. The van der Waals surface area contributed by atoms with Crippen LogP contribution < -0.4 is 10.5 Å². The Hall–Kier alpha value is -2.41. The number of carbonyl (C=O) groups is 1. The number of nitrogens with two attached hydrogens (primary N) is 1. The molecule has 4 rings (SSSR count). The summed E-state index contributed by atoms with van der Waals surface area (Å²) in [6, 6.07) is 15.7. The third-order valence-corrected chi connectivity index (χ3v) is 6.60. The lowest BCUT2D eigenvalue weighted by Crippen LogP contribution is -2.46. The summed E-state index contributed by atoms with van der Waals surface area (Å²) in [5, 5.41) is 0. The van der Waals surface area contributed by atoms with Crippen LogP contribution in [0.15, 0.2) is 48.5 Å². The van der Waals surface area contributed by atoms with Gasteiger partial charge in [0.2, 0.25) is 12.2 Å². The van der Waals surface area contributed by atoms with Crippen LogP contribution >= 0.6 is 0 Å². The van der Waals surface area contributed by atoms with Crippen molar-refractivity contribution in [1.29, 1.82) is 0 Å². The van der Waals surface area contributed by atoms with E-state index in [0.29, 0.717) is 32.0 Å². The molecule has 0 radical (unpaired) electrons. The molecule has 2 aliphatic heterocycles. The number of morpholine rings is 1. The minimum absolute atomic E-state index is 0.360. The third-order valence-electron chi connectivity index (χ3n) is 6.60. The molecule has 2 aromatic rings. The fourth-order valence-corrected chi connectivity index (χ4v) is 4.81. The van der Waals surface area contributed by atoms with Gasteiger partial charge in [0.15, 0.2) is 0 Å². The molecule has 2 atom stereocenters. The van der Waals surface area contributed by atoms with E-state index in [2.05, 4.69) is 11.8 Å². The Morgan fingerprint density at radius 2 is 1.81 bits per heavy atom. The van der Waals surface area contributed by atoms with Crippen molar-refractivity contribution in [2.24, 2.45) is 5.73 Å². The van der Waals surface area contributed by atoms with Gasteiger partial charge in [-0.3, -0.25) is 9.69 Å². The molecule has 1 fully saturated rings. The quantitative estimate of drug-likeness (QED) is 0.603. The predicted octanol–water partition coefficient (Wildman–Crippen LogP) is 3.78. The summed E-state index contributed by atoms with van der Waals surface area (Å²) in [4.78, 5) is 15.7. The van der Waals surface area contributed by atoms with E-state index in [0.717, 1.165) is 55.6 Å². The highest BCUT2D eigenvalue weighted by Crippen LogP contribution is 2.47. The molecule has 6 nitrogen and oxygen atoms in total. The van der Waals surface area contributed by atoms with Gasteiger partial charge >= 0.3 is 0 Å². The van der Waals surface area contributed by atoms with Crippen LogP contribution in [0.5, 0.6) is 5.75 Å². The van der Waals surface area contributed by atoms with Gasteiger partial charge in [0.25, 0.3) is 0 Å². The molecule has 1 amide bonds. The van der Waals surface area contributed by atoms with E-state index in [1.54, 1.807) is 0 Å². The molecule has 0 bridgehead atoms. The zero-order valence-electron chi connectivity index (χ0n) is 18.9. The SMILES string of the molecule is CCCCCOC1Oc2ccccc2C(CCN2CCOCC2)(C(N)=O)c2ccccc21. The maximum Gasteiger partial charge on any atom is 0.232 e. The van der Waals surface area contributed by atoms with Crippen LogP contribution in [0, 0.1) is 0 Å². The lowest BCUT2D eigenvalue weighted by atomic mass is 9.69. The van der Waals surface area contributed by atoms with Crippen LogP contribution in [0.1, 0.15) is 55.6 Å². The normalized spacial score (nSPS) is 23.0. The summed E-state index contributed by atoms with van der Waals surface area (Å²) < 4.78 is 18.1. The molecule has 0 spiro atoms. The van der Waals surface area contributed by atoms with Crippen molar-refractivity contribution in [2.75, 3.05) is 39.5 Å². The highest BCUT2D eigenvalue weighted by molar-refractivity contribution is 5.92. The number of ether oxygens (including phenoxy) is 3. The Morgan fingerprint density at radius 3 is 2.56 bits per heavy atom. The van der Waals surface area contributed by atoms with Crippen molar-refractivity contribution >= 4 is 5.91 Å². The molecule has 2 aromatic carbocycles. The van der Waals surface area contributed by atoms with Crippen LogP contribution in [0.25, 0.3) is 0 Å². The molecule has 0 saturated carbocycles. The fourth-order valence-electron chi connectivity index (χ4n) is 4.81. The van der Waals surface area contributed by atoms with E-state index in [1.807, 2.05) is 48.5 Å². The fraction of sp³-hybridized carbons (Fsp3) is 0.500. The summed E-state index contributed by atoms with van der Waals surface area (Å²) in [6.07, 6.45) is 3.20. The second kappa shape index (κ2) is 10.5. The molecular weight excluding hydrogens is 404 g/mol. The Kier molecular flexibility index (Phi) is 7.45. The standard InChI is InChI=1S/C26H34N2O4/c1-2-3-8-17-31-24-20-9-4-5-10-21(20)26(25(27)29,13-14-28-15-18-30-19-16-28)22-11-6-7-12-23(22)32-24/h4-7,9-12,24H,2-3,8,13-19H2,1H3,(H2,27,29). The van der Waals surface area contributed by atoms with E-state index in [1.165, 1.54) is 0 Å². The summed E-state index contributed by atoms with van der Waals surface area (Å²) >= 11 is 0. The van der Waals surface area contributed by atoms with Gasteiger partial charge in [-0.15, -0.1) is 0 Å². The second-order valence-electron chi connectivity index (χ2n) is 8.58. The van der Waals surface area contributed by atoms with Gasteiger partial charge in [-0.05, 0) is 24.5 Å². The first-order valence-corrected chi connectivity index (χ1v) is 11.7. The zero-order chi connectivity index (χ0) is 22.4.